The van der Waals surface area contributed by atoms with E-state index in [1.165, 1.54) is 5.56 Å². The molecule has 1 fully saturated rings. The molecule has 0 unspecified atom stereocenters. The molecular formula is C29H34ClFN2O3. The first kappa shape index (κ1) is 26.4. The van der Waals surface area contributed by atoms with Gasteiger partial charge in [-0.1, -0.05) is 23.7 Å². The van der Waals surface area contributed by atoms with Gasteiger partial charge in [-0.15, -0.1) is 0 Å². The van der Waals surface area contributed by atoms with Crippen LogP contribution in [0.25, 0.3) is 10.9 Å². The third kappa shape index (κ3) is 6.95. The van der Waals surface area contributed by atoms with Crippen molar-refractivity contribution >= 4 is 28.5 Å². The second-order valence-electron chi connectivity index (χ2n) is 9.77. The lowest BCUT2D eigenvalue weighted by atomic mass is 9.79. The van der Waals surface area contributed by atoms with Crippen LogP contribution >= 0.6 is 11.6 Å². The molecule has 1 aliphatic rings. The molecule has 0 spiro atoms. The molecule has 1 aliphatic heterocycles. The van der Waals surface area contributed by atoms with Crippen molar-refractivity contribution in [2.75, 3.05) is 26.7 Å². The molecule has 0 bridgehead atoms. The number of carboxylic acids is 1. The van der Waals surface area contributed by atoms with E-state index in [2.05, 4.69) is 22.0 Å². The molecule has 0 radical (unpaired) electrons. The van der Waals surface area contributed by atoms with Crippen molar-refractivity contribution < 1.29 is 19.0 Å². The summed E-state index contributed by atoms with van der Waals surface area (Å²) in [5.74, 6) is 0.133. The number of carboxylic acid groups (broad SMARTS) is 1. The Kier molecular flexibility index (Phi) is 9.16. The van der Waals surface area contributed by atoms with Gasteiger partial charge in [0.1, 0.15) is 11.9 Å². The number of ether oxygens (including phenoxy) is 1. The number of rotatable bonds is 11. The molecule has 7 heteroatoms. The topological polar surface area (TPSA) is 62.7 Å². The Hall–Kier alpha value is -2.70. The van der Waals surface area contributed by atoms with Crippen molar-refractivity contribution in [1.29, 1.82) is 0 Å². The number of likely N-dealkylation sites (tertiary alicyclic amines) is 1. The number of carbonyl (C=O) groups is 1. The monoisotopic (exact) mass is 512 g/mol. The molecule has 192 valence electrons. The van der Waals surface area contributed by atoms with Crippen LogP contribution in [-0.2, 0) is 11.2 Å². The molecule has 1 saturated heterocycles. The number of fused-ring (bicyclic) bond motifs is 1. The molecule has 1 aromatic heterocycles. The Morgan fingerprint density at radius 1 is 1.22 bits per heavy atom. The molecule has 5 nitrogen and oxygen atoms in total. The number of benzene rings is 2. The van der Waals surface area contributed by atoms with Crippen molar-refractivity contribution in [3.63, 3.8) is 0 Å². The van der Waals surface area contributed by atoms with Crippen LogP contribution in [0.5, 0.6) is 5.75 Å². The van der Waals surface area contributed by atoms with Crippen LogP contribution in [0.2, 0.25) is 5.02 Å². The Bertz CT molecular complexity index is 1160. The fourth-order valence-corrected chi connectivity index (χ4v) is 5.54. The molecule has 2 aromatic carbocycles. The van der Waals surface area contributed by atoms with Crippen LogP contribution in [0.15, 0.2) is 54.7 Å². The van der Waals surface area contributed by atoms with Gasteiger partial charge in [-0.25, -0.2) is 4.39 Å². The summed E-state index contributed by atoms with van der Waals surface area (Å²) in [5.41, 5.74) is 2.62. The van der Waals surface area contributed by atoms with E-state index in [4.69, 9.17) is 16.3 Å². The lowest BCUT2D eigenvalue weighted by Crippen LogP contribution is -2.42. The number of methoxy groups -OCH3 is 1. The van der Waals surface area contributed by atoms with Crippen LogP contribution in [0, 0.1) is 11.8 Å². The van der Waals surface area contributed by atoms with Crippen LogP contribution in [0.3, 0.4) is 0 Å². The quantitative estimate of drug-likeness (QED) is 0.308. The summed E-state index contributed by atoms with van der Waals surface area (Å²) in [6.45, 7) is 2.61. The molecule has 3 aromatic rings. The number of aromatic nitrogens is 1. The second-order valence-corrected chi connectivity index (χ2v) is 10.2. The fourth-order valence-electron chi connectivity index (χ4n) is 5.42. The maximum absolute atomic E-state index is 15.5. The number of hydrogen-bond acceptors (Lipinski definition) is 4. The summed E-state index contributed by atoms with van der Waals surface area (Å²) >= 11 is 5.97. The third-order valence-electron chi connectivity index (χ3n) is 7.38. The Balaban J connectivity index is 1.34. The highest BCUT2D eigenvalue weighted by Crippen LogP contribution is 2.36. The SMILES string of the molecule is COc1ccc2nccc([C@H](F)CC[C@@H]3CCN(CCCc4ccc(Cl)cc4)C[C@@H]3CC(=O)O)c2c1. The number of hydrogen-bond donors (Lipinski definition) is 1. The Morgan fingerprint density at radius 2 is 2.03 bits per heavy atom. The first-order valence-corrected chi connectivity index (χ1v) is 13.1. The molecule has 0 aliphatic carbocycles. The number of aryl methyl sites for hydroxylation is 1. The van der Waals surface area contributed by atoms with Gasteiger partial charge in [0.15, 0.2) is 0 Å². The molecule has 0 saturated carbocycles. The highest BCUT2D eigenvalue weighted by atomic mass is 35.5. The van der Waals surface area contributed by atoms with Crippen LogP contribution < -0.4 is 4.74 Å². The van der Waals surface area contributed by atoms with Crippen LogP contribution in [-0.4, -0.2) is 47.7 Å². The molecular weight excluding hydrogens is 479 g/mol. The minimum Gasteiger partial charge on any atom is -0.497 e. The van der Waals surface area contributed by atoms with Crippen LogP contribution in [0.4, 0.5) is 4.39 Å². The summed E-state index contributed by atoms with van der Waals surface area (Å²) in [6, 6.07) is 15.2. The highest BCUT2D eigenvalue weighted by Gasteiger charge is 2.31. The Labute approximate surface area is 217 Å². The lowest BCUT2D eigenvalue weighted by molar-refractivity contribution is -0.139. The van der Waals surface area contributed by atoms with E-state index in [9.17, 15) is 9.90 Å². The smallest absolute Gasteiger partial charge is 0.303 e. The zero-order valence-corrected chi connectivity index (χ0v) is 21.5. The zero-order chi connectivity index (χ0) is 25.5. The third-order valence-corrected chi connectivity index (χ3v) is 7.63. The molecule has 3 atom stereocenters. The summed E-state index contributed by atoms with van der Waals surface area (Å²) in [5, 5.41) is 11.0. The van der Waals surface area contributed by atoms with Crippen molar-refractivity contribution in [2.24, 2.45) is 11.8 Å². The Morgan fingerprint density at radius 3 is 2.78 bits per heavy atom. The van der Waals surface area contributed by atoms with Crippen molar-refractivity contribution in [3.05, 3.63) is 70.9 Å². The van der Waals surface area contributed by atoms with E-state index >= 15 is 4.39 Å². The first-order chi connectivity index (χ1) is 17.4. The van der Waals surface area contributed by atoms with E-state index < -0.39 is 12.1 Å². The first-order valence-electron chi connectivity index (χ1n) is 12.7. The van der Waals surface area contributed by atoms with Crippen molar-refractivity contribution in [1.82, 2.24) is 9.88 Å². The van der Waals surface area contributed by atoms with Gasteiger partial charge >= 0.3 is 5.97 Å². The summed E-state index contributed by atoms with van der Waals surface area (Å²) in [6.07, 6.45) is 4.56. The molecule has 4 rings (SSSR count). The largest absolute Gasteiger partial charge is 0.497 e. The van der Waals surface area contributed by atoms with E-state index in [-0.39, 0.29) is 18.3 Å². The van der Waals surface area contributed by atoms with Crippen molar-refractivity contribution in [2.45, 2.75) is 44.7 Å². The second kappa shape index (κ2) is 12.5. The van der Waals surface area contributed by atoms with Crippen molar-refractivity contribution in [3.8, 4) is 5.75 Å². The predicted octanol–water partition coefficient (Wildman–Crippen LogP) is 6.73. The number of pyridine rings is 1. The number of alkyl halides is 1. The number of halogens is 2. The minimum absolute atomic E-state index is 0.0354. The molecule has 0 amide bonds. The maximum Gasteiger partial charge on any atom is 0.303 e. The summed E-state index contributed by atoms with van der Waals surface area (Å²) in [7, 11) is 1.59. The summed E-state index contributed by atoms with van der Waals surface area (Å²) in [4.78, 5) is 18.3. The van der Waals surface area contributed by atoms with Gasteiger partial charge in [-0.2, -0.15) is 0 Å². The van der Waals surface area contributed by atoms with Gasteiger partial charge in [0.2, 0.25) is 0 Å². The number of piperidine rings is 1. The zero-order valence-electron chi connectivity index (χ0n) is 20.7. The number of aliphatic carboxylic acids is 1. The van der Waals surface area contributed by atoms with E-state index in [0.29, 0.717) is 24.2 Å². The van der Waals surface area contributed by atoms with Gasteiger partial charge in [-0.3, -0.25) is 9.78 Å². The average molecular weight is 513 g/mol. The molecule has 36 heavy (non-hydrogen) atoms. The standard InChI is InChI=1S/C29H34ClFN2O3/c1-36-24-9-11-28-26(18-24)25(12-14-32-28)27(31)10-6-21-13-16-33(19-22(21)17-29(34)35)15-2-3-20-4-7-23(30)8-5-20/h4-5,7-9,11-12,14,18,21-22,27H,2-3,6,10,13,15-17,19H2,1H3,(H,34,35)/t21-,22+,27-/m1/s1. The van der Waals surface area contributed by atoms with Gasteiger partial charge in [0.25, 0.3) is 0 Å². The maximum atomic E-state index is 15.5. The number of nitrogens with zero attached hydrogens (tertiary/aromatic N) is 2. The lowest BCUT2D eigenvalue weighted by Gasteiger charge is -2.38. The normalized spacial score (nSPS) is 19.3. The summed E-state index contributed by atoms with van der Waals surface area (Å²) < 4.78 is 20.8. The van der Waals surface area contributed by atoms with Crippen LogP contribution in [0.1, 0.15) is 49.4 Å². The van der Waals surface area contributed by atoms with Gasteiger partial charge < -0.3 is 14.7 Å². The predicted molar refractivity (Wildman–Crippen MR) is 141 cm³/mol. The fraction of sp³-hybridized carbons (Fsp3) is 0.448. The molecule has 2 heterocycles. The van der Waals surface area contributed by atoms with Gasteiger partial charge in [0, 0.05) is 29.6 Å². The van der Waals surface area contributed by atoms with E-state index in [1.807, 2.05) is 30.3 Å². The highest BCUT2D eigenvalue weighted by molar-refractivity contribution is 6.30. The molecule has 1 N–H and O–H groups in total. The van der Waals surface area contributed by atoms with E-state index in [1.54, 1.807) is 19.4 Å². The minimum atomic E-state index is -1.13. The average Bonchev–Trinajstić information content (AvgIpc) is 2.88. The van der Waals surface area contributed by atoms with Gasteiger partial charge in [0.05, 0.1) is 12.6 Å². The van der Waals surface area contributed by atoms with E-state index in [0.717, 1.165) is 54.8 Å². The van der Waals surface area contributed by atoms with Gasteiger partial charge in [-0.05, 0) is 105 Å².